The highest BCUT2D eigenvalue weighted by atomic mass is 15.1. The zero-order chi connectivity index (χ0) is 18.0. The fraction of sp³-hybridized carbons (Fsp3) is 0.391. The van der Waals surface area contributed by atoms with Gasteiger partial charge in [0, 0.05) is 31.9 Å². The number of likely N-dealkylation sites (N-methyl/N-ethyl adjacent to an activating group) is 1. The molecule has 0 N–H and O–H groups in total. The van der Waals surface area contributed by atoms with Crippen molar-refractivity contribution < 1.29 is 0 Å². The van der Waals surface area contributed by atoms with E-state index in [0.29, 0.717) is 6.04 Å². The van der Waals surface area contributed by atoms with Crippen molar-refractivity contribution in [2.45, 2.75) is 46.2 Å². The normalized spacial score (nSPS) is 14.8. The van der Waals surface area contributed by atoms with Crippen molar-refractivity contribution in [1.29, 1.82) is 0 Å². The van der Waals surface area contributed by atoms with Crippen LogP contribution in [0.15, 0.2) is 49.2 Å². The molecule has 0 amide bonds. The van der Waals surface area contributed by atoms with Gasteiger partial charge in [-0.15, -0.1) is 0 Å². The monoisotopic (exact) mass is 334 g/mol. The molecule has 0 radical (unpaired) electrons. The Morgan fingerprint density at radius 1 is 1.20 bits per heavy atom. The summed E-state index contributed by atoms with van der Waals surface area (Å²) in [6, 6.07) is 13.8. The van der Waals surface area contributed by atoms with Crippen molar-refractivity contribution in [3.8, 4) is 0 Å². The van der Waals surface area contributed by atoms with Crippen LogP contribution in [0, 0.1) is 13.8 Å². The number of aryl methyl sites for hydroxylation is 1. The van der Waals surface area contributed by atoms with E-state index in [-0.39, 0.29) is 0 Å². The number of nitrogens with zero attached hydrogens (tertiary/aromatic N) is 2. The molecule has 1 aliphatic rings. The van der Waals surface area contributed by atoms with Gasteiger partial charge in [-0.25, -0.2) is 0 Å². The van der Waals surface area contributed by atoms with E-state index in [0.717, 1.165) is 25.9 Å². The highest BCUT2D eigenvalue weighted by molar-refractivity contribution is 5.59. The van der Waals surface area contributed by atoms with Crippen molar-refractivity contribution in [3.05, 3.63) is 77.0 Å². The molecular formula is C23H30N2. The Hall–Kier alpha value is -2.22. The number of anilines is 1. The largest absolute Gasteiger partial charge is 0.373 e. The maximum absolute atomic E-state index is 3.94. The van der Waals surface area contributed by atoms with Gasteiger partial charge in [-0.1, -0.05) is 36.9 Å². The van der Waals surface area contributed by atoms with Crippen LogP contribution < -0.4 is 4.90 Å². The van der Waals surface area contributed by atoms with Crippen LogP contribution in [0.3, 0.4) is 0 Å². The molecule has 0 saturated carbocycles. The molecule has 1 atom stereocenters. The lowest BCUT2D eigenvalue weighted by atomic mass is 9.93. The first kappa shape index (κ1) is 17.6. The number of benzene rings is 2. The smallest absolute Gasteiger partial charge is 0.0430 e. The quantitative estimate of drug-likeness (QED) is 0.769. The summed E-state index contributed by atoms with van der Waals surface area (Å²) >= 11 is 0. The van der Waals surface area contributed by atoms with Gasteiger partial charge < -0.3 is 9.80 Å². The highest BCUT2D eigenvalue weighted by Gasteiger charge is 2.20. The second-order valence-electron chi connectivity index (χ2n) is 7.34. The van der Waals surface area contributed by atoms with E-state index in [9.17, 15) is 0 Å². The molecule has 2 nitrogen and oxygen atoms in total. The zero-order valence-electron chi connectivity index (χ0n) is 16.0. The van der Waals surface area contributed by atoms with Gasteiger partial charge in [0.2, 0.25) is 0 Å². The van der Waals surface area contributed by atoms with E-state index in [4.69, 9.17) is 0 Å². The number of hydrogen-bond donors (Lipinski definition) is 0. The molecule has 1 heterocycles. The lowest BCUT2D eigenvalue weighted by Crippen LogP contribution is -2.33. The topological polar surface area (TPSA) is 6.48 Å². The Kier molecular flexibility index (Phi) is 5.17. The minimum Gasteiger partial charge on any atom is -0.373 e. The Balaban J connectivity index is 1.83. The molecule has 0 fully saturated rings. The third kappa shape index (κ3) is 3.58. The van der Waals surface area contributed by atoms with E-state index < -0.39 is 0 Å². The summed E-state index contributed by atoms with van der Waals surface area (Å²) in [4.78, 5) is 4.75. The van der Waals surface area contributed by atoms with Crippen LogP contribution in [0.5, 0.6) is 0 Å². The second kappa shape index (κ2) is 7.35. The minimum absolute atomic E-state index is 0.456. The van der Waals surface area contributed by atoms with Gasteiger partial charge in [-0.3, -0.25) is 0 Å². The summed E-state index contributed by atoms with van der Waals surface area (Å²) in [5, 5.41) is 0. The van der Waals surface area contributed by atoms with Crippen molar-refractivity contribution in [2.75, 3.05) is 18.5 Å². The molecule has 3 rings (SSSR count). The molecule has 0 bridgehead atoms. The van der Waals surface area contributed by atoms with Crippen LogP contribution in [0.2, 0.25) is 0 Å². The molecule has 2 aromatic rings. The van der Waals surface area contributed by atoms with Crippen molar-refractivity contribution in [3.63, 3.8) is 0 Å². The summed E-state index contributed by atoms with van der Waals surface area (Å²) in [7, 11) is 2.23. The summed E-state index contributed by atoms with van der Waals surface area (Å²) < 4.78 is 0. The van der Waals surface area contributed by atoms with E-state index in [1.807, 2.05) is 6.20 Å². The van der Waals surface area contributed by atoms with E-state index in [1.54, 1.807) is 0 Å². The van der Waals surface area contributed by atoms with Crippen molar-refractivity contribution >= 4 is 5.69 Å². The first-order valence-electron chi connectivity index (χ1n) is 9.26. The number of fused-ring (bicyclic) bond motifs is 1. The van der Waals surface area contributed by atoms with Crippen LogP contribution >= 0.6 is 0 Å². The second-order valence-corrected chi connectivity index (χ2v) is 7.34. The standard InChI is InChI=1S/C23H30N2/c1-6-25-14-13-20-11-12-23(19(4)22(20)16-25)24(5)18(3)15-21-10-8-7-9-17(21)2/h6-12,18H,1,13-16H2,2-5H3/t18-/m0/s1. The Labute approximate surface area is 152 Å². The number of rotatable bonds is 5. The summed E-state index contributed by atoms with van der Waals surface area (Å²) in [6.45, 7) is 12.8. The third-order valence-corrected chi connectivity index (χ3v) is 5.77. The first-order valence-corrected chi connectivity index (χ1v) is 9.26. The SMILES string of the molecule is C=CN1CCc2ccc(N(C)[C@@H](C)Cc3ccccc3C)c(C)c2C1. The Morgan fingerprint density at radius 3 is 2.68 bits per heavy atom. The van der Waals surface area contributed by atoms with Crippen molar-refractivity contribution in [2.24, 2.45) is 0 Å². The molecule has 2 heteroatoms. The van der Waals surface area contributed by atoms with Gasteiger partial charge in [-0.05, 0) is 73.7 Å². The third-order valence-electron chi connectivity index (χ3n) is 5.77. The average molecular weight is 335 g/mol. The maximum atomic E-state index is 3.94. The average Bonchev–Trinajstić information content (AvgIpc) is 2.63. The van der Waals surface area contributed by atoms with Crippen LogP contribution in [-0.4, -0.2) is 24.5 Å². The first-order chi connectivity index (χ1) is 12.0. The molecule has 2 aromatic carbocycles. The lowest BCUT2D eigenvalue weighted by molar-refractivity contribution is 0.353. The predicted molar refractivity (Wildman–Crippen MR) is 108 cm³/mol. The highest BCUT2D eigenvalue weighted by Crippen LogP contribution is 2.31. The molecule has 132 valence electrons. The summed E-state index contributed by atoms with van der Waals surface area (Å²) in [5.41, 5.74) is 8.58. The molecule has 0 aromatic heterocycles. The molecule has 25 heavy (non-hydrogen) atoms. The number of hydrogen-bond acceptors (Lipinski definition) is 2. The lowest BCUT2D eigenvalue weighted by Gasteiger charge is -2.33. The van der Waals surface area contributed by atoms with E-state index in [2.05, 4.69) is 80.6 Å². The molecule has 0 unspecified atom stereocenters. The van der Waals surface area contributed by atoms with Gasteiger partial charge in [-0.2, -0.15) is 0 Å². The van der Waals surface area contributed by atoms with Gasteiger partial charge >= 0.3 is 0 Å². The maximum Gasteiger partial charge on any atom is 0.0430 e. The molecule has 1 aliphatic heterocycles. The van der Waals surface area contributed by atoms with Crippen LogP contribution in [0.4, 0.5) is 5.69 Å². The van der Waals surface area contributed by atoms with Gasteiger partial charge in [0.15, 0.2) is 0 Å². The summed E-state index contributed by atoms with van der Waals surface area (Å²) in [6.07, 6.45) is 4.16. The predicted octanol–water partition coefficient (Wildman–Crippen LogP) is 4.87. The van der Waals surface area contributed by atoms with Crippen molar-refractivity contribution in [1.82, 2.24) is 4.90 Å². The molecule has 0 aliphatic carbocycles. The fourth-order valence-electron chi connectivity index (χ4n) is 3.87. The molecular weight excluding hydrogens is 304 g/mol. The van der Waals surface area contributed by atoms with Crippen LogP contribution in [0.25, 0.3) is 0 Å². The Bertz CT molecular complexity index is 763. The Morgan fingerprint density at radius 2 is 1.96 bits per heavy atom. The van der Waals surface area contributed by atoms with Gasteiger partial charge in [0.25, 0.3) is 0 Å². The zero-order valence-corrected chi connectivity index (χ0v) is 16.0. The molecule has 0 saturated heterocycles. The van der Waals surface area contributed by atoms with E-state index >= 15 is 0 Å². The van der Waals surface area contributed by atoms with Crippen LogP contribution in [-0.2, 0) is 19.4 Å². The van der Waals surface area contributed by atoms with Gasteiger partial charge in [0.1, 0.15) is 0 Å². The van der Waals surface area contributed by atoms with Gasteiger partial charge in [0.05, 0.1) is 0 Å². The molecule has 0 spiro atoms. The fourth-order valence-corrected chi connectivity index (χ4v) is 3.87. The summed E-state index contributed by atoms with van der Waals surface area (Å²) in [5.74, 6) is 0. The minimum atomic E-state index is 0.456. The van der Waals surface area contributed by atoms with Crippen LogP contribution in [0.1, 0.15) is 34.7 Å². The van der Waals surface area contributed by atoms with E-state index in [1.165, 1.54) is 33.5 Å².